The zero-order valence-corrected chi connectivity index (χ0v) is 25.4. The summed E-state index contributed by atoms with van der Waals surface area (Å²) in [4.78, 5) is 41.6. The second kappa shape index (κ2) is 15.4. The van der Waals surface area contributed by atoms with Crippen LogP contribution in [0.1, 0.15) is 46.1 Å². The zero-order valence-electron chi connectivity index (χ0n) is 24.6. The number of rotatable bonds is 12. The Kier molecular flexibility index (Phi) is 12.0. The molecule has 0 radical (unpaired) electrons. The zero-order chi connectivity index (χ0) is 31.6. The predicted molar refractivity (Wildman–Crippen MR) is 161 cm³/mol. The first-order chi connectivity index (χ1) is 20.3. The van der Waals surface area contributed by atoms with E-state index in [-0.39, 0.29) is 41.3 Å². The molecule has 0 aliphatic carbocycles. The summed E-state index contributed by atoms with van der Waals surface area (Å²) in [5.41, 5.74) is 3.32. The van der Waals surface area contributed by atoms with E-state index in [9.17, 15) is 23.2 Å². The van der Waals surface area contributed by atoms with Gasteiger partial charge in [0.1, 0.15) is 24.1 Å². The number of hydrazine groups is 1. The second-order valence-electron chi connectivity index (χ2n) is 11.2. The van der Waals surface area contributed by atoms with E-state index in [4.69, 9.17) is 16.3 Å². The van der Waals surface area contributed by atoms with Crippen molar-refractivity contribution in [3.63, 3.8) is 0 Å². The van der Waals surface area contributed by atoms with Gasteiger partial charge in [0, 0.05) is 38.1 Å². The van der Waals surface area contributed by atoms with Crippen LogP contribution in [-0.2, 0) is 16.1 Å². The smallest absolute Gasteiger partial charge is 0.412 e. The summed E-state index contributed by atoms with van der Waals surface area (Å²) in [6.45, 7) is 7.97. The lowest BCUT2D eigenvalue weighted by Gasteiger charge is -2.31. The Hall–Kier alpha value is -4.03. The fourth-order valence-electron chi connectivity index (χ4n) is 4.08. The number of ether oxygens (including phenoxy) is 1. The average molecular weight is 619 g/mol. The van der Waals surface area contributed by atoms with Crippen molar-refractivity contribution in [1.29, 1.82) is 0 Å². The van der Waals surface area contributed by atoms with Gasteiger partial charge in [-0.05, 0) is 59.5 Å². The number of halogens is 3. The van der Waals surface area contributed by atoms with Crippen molar-refractivity contribution >= 4 is 46.2 Å². The molecule has 13 heteroatoms. The van der Waals surface area contributed by atoms with E-state index in [1.165, 1.54) is 48.5 Å². The first kappa shape index (κ1) is 33.5. The number of benzene rings is 2. The highest BCUT2D eigenvalue weighted by Crippen LogP contribution is 2.21. The molecule has 232 valence electrons. The number of fused-ring (bicyclic) bond motifs is 1. The summed E-state index contributed by atoms with van der Waals surface area (Å²) in [6.07, 6.45) is 1.45. The van der Waals surface area contributed by atoms with Crippen LogP contribution in [0.3, 0.4) is 0 Å². The van der Waals surface area contributed by atoms with Gasteiger partial charge in [-0.1, -0.05) is 44.5 Å². The van der Waals surface area contributed by atoms with E-state index in [0.29, 0.717) is 42.3 Å². The molecule has 0 aliphatic rings. The summed E-state index contributed by atoms with van der Waals surface area (Å²) in [6, 6.07) is 9.12. The lowest BCUT2D eigenvalue weighted by atomic mass is 9.97. The van der Waals surface area contributed by atoms with Gasteiger partial charge in [0.05, 0.1) is 11.1 Å². The third kappa shape index (κ3) is 11.0. The second-order valence-corrected chi connectivity index (χ2v) is 11.6. The van der Waals surface area contributed by atoms with Gasteiger partial charge in [0.2, 0.25) is 5.91 Å². The molecule has 1 heterocycles. The van der Waals surface area contributed by atoms with E-state index in [1.54, 1.807) is 12.1 Å². The lowest BCUT2D eigenvalue weighted by Crippen LogP contribution is -2.51. The van der Waals surface area contributed by atoms with Crippen molar-refractivity contribution in [2.45, 2.75) is 53.1 Å². The van der Waals surface area contributed by atoms with E-state index < -0.39 is 23.8 Å². The summed E-state index contributed by atoms with van der Waals surface area (Å²) < 4.78 is 33.0. The molecule has 3 aromatic rings. The van der Waals surface area contributed by atoms with Crippen molar-refractivity contribution < 1.29 is 27.9 Å². The number of hydrogen-bond donors (Lipinski definition) is 4. The van der Waals surface area contributed by atoms with Crippen LogP contribution in [0.2, 0.25) is 5.02 Å². The first-order valence-electron chi connectivity index (χ1n) is 13.8. The minimum Gasteiger partial charge on any atom is -0.447 e. The Morgan fingerprint density at radius 3 is 2.56 bits per heavy atom. The number of urea groups is 1. The van der Waals surface area contributed by atoms with Crippen molar-refractivity contribution in [2.24, 2.45) is 5.41 Å². The minimum absolute atomic E-state index is 0.0316. The molecule has 0 saturated heterocycles. The molecule has 0 spiro atoms. The van der Waals surface area contributed by atoms with Gasteiger partial charge in [0.25, 0.3) is 0 Å². The third-order valence-corrected chi connectivity index (χ3v) is 6.70. The van der Waals surface area contributed by atoms with Gasteiger partial charge >= 0.3 is 12.1 Å². The Labute approximate surface area is 254 Å². The van der Waals surface area contributed by atoms with Gasteiger partial charge in [-0.3, -0.25) is 15.1 Å². The normalized spacial score (nSPS) is 12.0. The molecular weight excluding hydrogens is 582 g/mol. The minimum atomic E-state index is -0.829. The standard InChI is InChI=1S/C30H37ClF2N6O4/c1-19(40)39(37-16-21-7-5-9-25(33)27(21)31)24(8-6-12-34-28(41)36-18-30(2,3)4)17-43-29(42)38-26-14-22-13-23(32)11-10-20(22)15-35-26/h5,7,9-11,13-15,24,37H,6,8,12,16-18H2,1-4H3,(H2,34,36,41)(H,35,38,42)/t24-/m0/s1. The molecule has 1 aromatic heterocycles. The van der Waals surface area contributed by atoms with E-state index >= 15 is 0 Å². The number of carbonyl (C=O) groups excluding carboxylic acids is 3. The molecule has 43 heavy (non-hydrogen) atoms. The first-order valence-corrected chi connectivity index (χ1v) is 14.2. The quantitative estimate of drug-likeness (QED) is 0.151. The Morgan fingerprint density at radius 1 is 1.07 bits per heavy atom. The Balaban J connectivity index is 1.65. The SMILES string of the molecule is CC(=O)N(NCc1cccc(F)c1Cl)[C@@H](CCCNC(=O)NCC(C)(C)C)COC(=O)Nc1cc2cc(F)ccc2cn1. The van der Waals surface area contributed by atoms with Crippen LogP contribution in [0.15, 0.2) is 48.7 Å². The molecule has 0 unspecified atom stereocenters. The number of pyridine rings is 1. The van der Waals surface area contributed by atoms with Crippen molar-refractivity contribution in [1.82, 2.24) is 26.1 Å². The number of anilines is 1. The van der Waals surface area contributed by atoms with Crippen LogP contribution < -0.4 is 21.4 Å². The molecule has 1 atom stereocenters. The average Bonchev–Trinajstić information content (AvgIpc) is 2.93. The van der Waals surface area contributed by atoms with Crippen LogP contribution in [-0.4, -0.2) is 53.8 Å². The van der Waals surface area contributed by atoms with Gasteiger partial charge in [-0.25, -0.2) is 28.8 Å². The third-order valence-electron chi connectivity index (χ3n) is 6.28. The lowest BCUT2D eigenvalue weighted by molar-refractivity contribution is -0.136. The van der Waals surface area contributed by atoms with Crippen LogP contribution in [0.25, 0.3) is 10.8 Å². The van der Waals surface area contributed by atoms with Gasteiger partial charge < -0.3 is 15.4 Å². The van der Waals surface area contributed by atoms with E-state index in [2.05, 4.69) is 26.4 Å². The molecule has 0 aliphatic heterocycles. The summed E-state index contributed by atoms with van der Waals surface area (Å²) in [7, 11) is 0. The summed E-state index contributed by atoms with van der Waals surface area (Å²) in [5, 5.41) is 10.6. The van der Waals surface area contributed by atoms with Gasteiger partial charge in [-0.15, -0.1) is 0 Å². The highest BCUT2D eigenvalue weighted by molar-refractivity contribution is 6.31. The summed E-state index contributed by atoms with van der Waals surface area (Å²) in [5.74, 6) is -1.23. The molecular formula is C30H37ClF2N6O4. The largest absolute Gasteiger partial charge is 0.447 e. The van der Waals surface area contributed by atoms with Crippen LogP contribution >= 0.6 is 11.6 Å². The fraction of sp³-hybridized carbons (Fsp3) is 0.400. The number of nitrogens with zero attached hydrogens (tertiary/aromatic N) is 2. The number of amides is 4. The number of hydrogen-bond acceptors (Lipinski definition) is 6. The monoisotopic (exact) mass is 618 g/mol. The molecule has 10 nitrogen and oxygen atoms in total. The molecule has 0 fully saturated rings. The molecule has 3 rings (SSSR count). The van der Waals surface area contributed by atoms with E-state index in [0.717, 1.165) is 0 Å². The maximum absolute atomic E-state index is 13.9. The van der Waals surface area contributed by atoms with Crippen LogP contribution in [0.5, 0.6) is 0 Å². The van der Waals surface area contributed by atoms with Crippen molar-refractivity contribution in [3.05, 3.63) is 70.9 Å². The maximum atomic E-state index is 13.9. The van der Waals surface area contributed by atoms with Crippen LogP contribution in [0.4, 0.5) is 24.2 Å². The van der Waals surface area contributed by atoms with Crippen LogP contribution in [0, 0.1) is 17.0 Å². The molecule has 0 saturated carbocycles. The fourth-order valence-corrected chi connectivity index (χ4v) is 4.27. The van der Waals surface area contributed by atoms with Crippen molar-refractivity contribution in [2.75, 3.05) is 25.0 Å². The molecule has 4 N–H and O–H groups in total. The highest BCUT2D eigenvalue weighted by Gasteiger charge is 2.24. The molecule has 0 bridgehead atoms. The number of carbonyl (C=O) groups is 3. The predicted octanol–water partition coefficient (Wildman–Crippen LogP) is 5.76. The Morgan fingerprint density at radius 2 is 1.84 bits per heavy atom. The maximum Gasteiger partial charge on any atom is 0.412 e. The van der Waals surface area contributed by atoms with Crippen molar-refractivity contribution in [3.8, 4) is 0 Å². The van der Waals surface area contributed by atoms with Gasteiger partial charge in [0.15, 0.2) is 0 Å². The number of aromatic nitrogens is 1. The Bertz CT molecular complexity index is 1440. The highest BCUT2D eigenvalue weighted by atomic mass is 35.5. The number of nitrogens with one attached hydrogen (secondary N) is 4. The summed E-state index contributed by atoms with van der Waals surface area (Å²) >= 11 is 6.08. The molecule has 4 amide bonds. The van der Waals surface area contributed by atoms with Gasteiger partial charge in [-0.2, -0.15) is 0 Å². The van der Waals surface area contributed by atoms with E-state index in [1.807, 2.05) is 20.8 Å². The topological polar surface area (TPSA) is 125 Å². The molecule has 2 aromatic carbocycles.